The summed E-state index contributed by atoms with van der Waals surface area (Å²) < 4.78 is 0. The van der Waals surface area contributed by atoms with Gasteiger partial charge in [-0.05, 0) is 12.1 Å². The number of para-hydroxylation sites is 1. The summed E-state index contributed by atoms with van der Waals surface area (Å²) in [5.41, 5.74) is 2.95. The molecule has 0 saturated heterocycles. The molecule has 0 saturated carbocycles. The third kappa shape index (κ3) is 2.19. The van der Waals surface area contributed by atoms with Crippen molar-refractivity contribution in [3.05, 3.63) is 66.2 Å². The number of ketones is 1. The molecule has 0 unspecified atom stereocenters. The first-order valence-corrected chi connectivity index (χ1v) is 6.39. The molecule has 3 nitrogen and oxygen atoms in total. The van der Waals surface area contributed by atoms with Crippen molar-refractivity contribution in [3.63, 3.8) is 0 Å². The second kappa shape index (κ2) is 5.23. The highest BCUT2D eigenvalue weighted by Gasteiger charge is 2.12. The van der Waals surface area contributed by atoms with E-state index in [1.54, 1.807) is 6.07 Å². The number of rotatable bonds is 3. The summed E-state index contributed by atoms with van der Waals surface area (Å²) in [5.74, 6) is -0.291. The van der Waals surface area contributed by atoms with Gasteiger partial charge in [0.15, 0.2) is 5.78 Å². The number of aromatic nitrogens is 1. The van der Waals surface area contributed by atoms with Crippen LogP contribution >= 0.6 is 0 Å². The molecule has 3 rings (SSSR count). The molecule has 1 heterocycles. The van der Waals surface area contributed by atoms with E-state index in [1.165, 1.54) is 0 Å². The lowest BCUT2D eigenvalue weighted by atomic mass is 10.0. The molecule has 0 amide bonds. The Kier molecular flexibility index (Phi) is 3.27. The third-order valence-electron chi connectivity index (χ3n) is 3.23. The highest BCUT2D eigenvalue weighted by Crippen LogP contribution is 2.24. The summed E-state index contributed by atoms with van der Waals surface area (Å²) >= 11 is 0. The summed E-state index contributed by atoms with van der Waals surface area (Å²) in [4.78, 5) is 16.5. The second-order valence-corrected chi connectivity index (χ2v) is 4.52. The fourth-order valence-corrected chi connectivity index (χ4v) is 2.25. The van der Waals surface area contributed by atoms with Gasteiger partial charge in [-0.25, -0.2) is 4.98 Å². The smallest absolute Gasteiger partial charge is 0.188 e. The molecule has 1 N–H and O–H groups in total. The molecule has 0 bridgehead atoms. The van der Waals surface area contributed by atoms with Crippen LogP contribution in [0.15, 0.2) is 60.7 Å². The average molecular weight is 263 g/mol. The van der Waals surface area contributed by atoms with Gasteiger partial charge in [-0.2, -0.15) is 0 Å². The quantitative estimate of drug-likeness (QED) is 0.739. The lowest BCUT2D eigenvalue weighted by Gasteiger charge is -2.08. The van der Waals surface area contributed by atoms with Crippen molar-refractivity contribution in [2.24, 2.45) is 0 Å². The summed E-state index contributed by atoms with van der Waals surface area (Å²) in [6.07, 6.45) is 0. The van der Waals surface area contributed by atoms with Gasteiger partial charge in [-0.3, -0.25) is 4.79 Å². The number of fused-ring (bicyclic) bond motifs is 1. The Labute approximate surface area is 116 Å². The van der Waals surface area contributed by atoms with E-state index in [1.807, 2.05) is 54.6 Å². The number of pyridine rings is 1. The monoisotopic (exact) mass is 263 g/mol. The summed E-state index contributed by atoms with van der Waals surface area (Å²) in [6.45, 7) is -0.498. The maximum Gasteiger partial charge on any atom is 0.188 e. The summed E-state index contributed by atoms with van der Waals surface area (Å²) in [6, 6.07) is 18.9. The van der Waals surface area contributed by atoms with Gasteiger partial charge in [0.05, 0.1) is 11.2 Å². The molecule has 98 valence electrons. The van der Waals surface area contributed by atoms with Crippen LogP contribution in [-0.2, 0) is 0 Å². The number of benzene rings is 2. The molecule has 0 aliphatic rings. The number of hydrogen-bond donors (Lipinski definition) is 1. The van der Waals surface area contributed by atoms with Crippen LogP contribution in [-0.4, -0.2) is 22.5 Å². The van der Waals surface area contributed by atoms with E-state index in [0.717, 1.165) is 22.2 Å². The molecular weight excluding hydrogens is 250 g/mol. The Bertz CT molecular complexity index is 766. The molecule has 1 aromatic heterocycles. The van der Waals surface area contributed by atoms with Crippen molar-refractivity contribution in [2.75, 3.05) is 6.61 Å². The fourth-order valence-electron chi connectivity index (χ4n) is 2.25. The highest BCUT2D eigenvalue weighted by molar-refractivity contribution is 6.08. The van der Waals surface area contributed by atoms with Gasteiger partial charge < -0.3 is 5.11 Å². The molecule has 0 aliphatic heterocycles. The fraction of sp³-hybridized carbons (Fsp3) is 0.0588. The van der Waals surface area contributed by atoms with E-state index < -0.39 is 6.61 Å². The SMILES string of the molecule is O=C(CO)c1cc(-c2ccccc2)nc2ccccc12. The first-order valence-electron chi connectivity index (χ1n) is 6.39. The van der Waals surface area contributed by atoms with Crippen LogP contribution in [0, 0.1) is 0 Å². The van der Waals surface area contributed by atoms with Crippen LogP contribution in [0.5, 0.6) is 0 Å². The lowest BCUT2D eigenvalue weighted by Crippen LogP contribution is -2.06. The van der Waals surface area contributed by atoms with E-state index in [2.05, 4.69) is 4.98 Å². The number of aliphatic hydroxyl groups is 1. The Morgan fingerprint density at radius 1 is 1.00 bits per heavy atom. The van der Waals surface area contributed by atoms with Gasteiger partial charge in [0.1, 0.15) is 6.61 Å². The normalized spacial score (nSPS) is 10.7. The van der Waals surface area contributed by atoms with E-state index in [4.69, 9.17) is 5.11 Å². The largest absolute Gasteiger partial charge is 0.388 e. The number of carbonyl (C=O) groups is 1. The van der Waals surface area contributed by atoms with Crippen LogP contribution in [0.3, 0.4) is 0 Å². The molecule has 0 atom stereocenters. The van der Waals surface area contributed by atoms with Crippen LogP contribution in [0.4, 0.5) is 0 Å². The summed E-state index contributed by atoms with van der Waals surface area (Å²) in [5, 5.41) is 9.91. The first-order chi connectivity index (χ1) is 9.79. The standard InChI is InChI=1S/C17H13NO2/c19-11-17(20)14-10-16(12-6-2-1-3-7-12)18-15-9-5-4-8-13(14)15/h1-10,19H,11H2. The van der Waals surface area contributed by atoms with Gasteiger partial charge in [-0.1, -0.05) is 48.5 Å². The van der Waals surface area contributed by atoms with Gasteiger partial charge in [-0.15, -0.1) is 0 Å². The van der Waals surface area contributed by atoms with E-state index >= 15 is 0 Å². The van der Waals surface area contributed by atoms with Crippen LogP contribution in [0.2, 0.25) is 0 Å². The second-order valence-electron chi connectivity index (χ2n) is 4.52. The van der Waals surface area contributed by atoms with Gasteiger partial charge in [0.25, 0.3) is 0 Å². The van der Waals surface area contributed by atoms with Crippen molar-refractivity contribution in [2.45, 2.75) is 0 Å². The average Bonchev–Trinajstić information content (AvgIpc) is 2.54. The Balaban J connectivity index is 2.28. The van der Waals surface area contributed by atoms with Gasteiger partial charge in [0.2, 0.25) is 0 Å². The minimum Gasteiger partial charge on any atom is -0.388 e. The van der Waals surface area contributed by atoms with E-state index in [0.29, 0.717) is 5.56 Å². The van der Waals surface area contributed by atoms with Crippen molar-refractivity contribution in [3.8, 4) is 11.3 Å². The predicted octanol–water partition coefficient (Wildman–Crippen LogP) is 3.08. The molecule has 0 fully saturated rings. The number of Topliss-reactive ketones (excluding diaryl/α,β-unsaturated/α-hetero) is 1. The van der Waals surface area contributed by atoms with Crippen LogP contribution in [0.25, 0.3) is 22.2 Å². The zero-order valence-corrected chi connectivity index (χ0v) is 10.8. The van der Waals surface area contributed by atoms with E-state index in [9.17, 15) is 4.79 Å². The maximum absolute atomic E-state index is 11.9. The van der Waals surface area contributed by atoms with Gasteiger partial charge in [0, 0.05) is 16.5 Å². The number of aliphatic hydroxyl groups excluding tert-OH is 1. The summed E-state index contributed by atoms with van der Waals surface area (Å²) in [7, 11) is 0. The molecule has 0 radical (unpaired) electrons. The maximum atomic E-state index is 11.9. The molecule has 0 spiro atoms. The minimum atomic E-state index is -0.498. The predicted molar refractivity (Wildman–Crippen MR) is 78.6 cm³/mol. The molecule has 0 aliphatic carbocycles. The van der Waals surface area contributed by atoms with Crippen molar-refractivity contribution < 1.29 is 9.90 Å². The van der Waals surface area contributed by atoms with Crippen molar-refractivity contribution in [1.82, 2.24) is 4.98 Å². The van der Waals surface area contributed by atoms with E-state index in [-0.39, 0.29) is 5.78 Å². The number of carbonyl (C=O) groups excluding carboxylic acids is 1. The highest BCUT2D eigenvalue weighted by atomic mass is 16.3. The zero-order valence-electron chi connectivity index (χ0n) is 10.8. The minimum absolute atomic E-state index is 0.291. The third-order valence-corrected chi connectivity index (χ3v) is 3.23. The van der Waals surface area contributed by atoms with Crippen LogP contribution < -0.4 is 0 Å². The Hall–Kier alpha value is -2.52. The molecule has 20 heavy (non-hydrogen) atoms. The van der Waals surface area contributed by atoms with Crippen LogP contribution in [0.1, 0.15) is 10.4 Å². The number of nitrogens with zero attached hydrogens (tertiary/aromatic N) is 1. The lowest BCUT2D eigenvalue weighted by molar-refractivity contribution is 0.0905. The first kappa shape index (κ1) is 12.5. The molecule has 2 aromatic carbocycles. The molecular formula is C17H13NO2. The topological polar surface area (TPSA) is 50.2 Å². The number of hydrogen-bond acceptors (Lipinski definition) is 3. The van der Waals surface area contributed by atoms with Gasteiger partial charge >= 0.3 is 0 Å². The van der Waals surface area contributed by atoms with Crippen molar-refractivity contribution in [1.29, 1.82) is 0 Å². The zero-order chi connectivity index (χ0) is 13.9. The molecule has 3 aromatic rings. The van der Waals surface area contributed by atoms with Crippen molar-refractivity contribution >= 4 is 16.7 Å². The Morgan fingerprint density at radius 3 is 2.45 bits per heavy atom. The molecule has 3 heteroatoms. The Morgan fingerprint density at radius 2 is 1.70 bits per heavy atom.